The van der Waals surface area contributed by atoms with E-state index in [1.165, 1.54) is 19.3 Å². The maximum atomic E-state index is 11.4. The number of benzene rings is 1. The van der Waals surface area contributed by atoms with Crippen molar-refractivity contribution in [3.63, 3.8) is 0 Å². The second-order valence-corrected chi connectivity index (χ2v) is 4.84. The summed E-state index contributed by atoms with van der Waals surface area (Å²) >= 11 is 0. The molecule has 3 N–H and O–H groups in total. The van der Waals surface area contributed by atoms with Gasteiger partial charge in [-0.3, -0.25) is 10.2 Å². The van der Waals surface area contributed by atoms with E-state index in [9.17, 15) is 4.79 Å². The van der Waals surface area contributed by atoms with Crippen molar-refractivity contribution in [1.29, 1.82) is 0 Å². The zero-order valence-electron chi connectivity index (χ0n) is 10.7. The number of carbonyl (C=O) groups excluding carboxylic acids is 1. The Balaban J connectivity index is 1.89. The van der Waals surface area contributed by atoms with Gasteiger partial charge in [0.15, 0.2) is 0 Å². The van der Waals surface area contributed by atoms with Crippen LogP contribution in [0.3, 0.4) is 0 Å². The molecule has 1 saturated carbocycles. The fourth-order valence-electron chi connectivity index (χ4n) is 1.93. The highest BCUT2D eigenvalue weighted by Gasteiger charge is 2.18. The van der Waals surface area contributed by atoms with Crippen LogP contribution in [0.15, 0.2) is 24.3 Å². The van der Waals surface area contributed by atoms with Gasteiger partial charge in [-0.05, 0) is 37.3 Å². The molecule has 2 rings (SSSR count). The number of ether oxygens (including phenoxy) is 1. The number of hydrogen-bond acceptors (Lipinski definition) is 3. The fourth-order valence-corrected chi connectivity index (χ4v) is 1.93. The first-order valence-electron chi connectivity index (χ1n) is 6.41. The number of nitrogens with two attached hydrogens (primary N) is 1. The Labute approximate surface area is 107 Å². The predicted molar refractivity (Wildman–Crippen MR) is 69.6 cm³/mol. The third kappa shape index (κ3) is 3.09. The summed E-state index contributed by atoms with van der Waals surface area (Å²) in [4.78, 5) is 11.4. The molecule has 0 heterocycles. The quantitative estimate of drug-likeness (QED) is 0.475. The van der Waals surface area contributed by atoms with Crippen molar-refractivity contribution in [2.24, 2.45) is 5.84 Å². The summed E-state index contributed by atoms with van der Waals surface area (Å²) in [5.74, 6) is 4.73. The largest absolute Gasteiger partial charge is 0.374 e. The number of amides is 1. The highest BCUT2D eigenvalue weighted by molar-refractivity contribution is 5.82. The van der Waals surface area contributed by atoms with Crippen molar-refractivity contribution in [2.45, 2.75) is 44.8 Å². The molecule has 1 amide bonds. The van der Waals surface area contributed by atoms with Crippen LogP contribution in [-0.4, -0.2) is 12.0 Å². The van der Waals surface area contributed by atoms with E-state index in [1.54, 1.807) is 0 Å². The first-order valence-corrected chi connectivity index (χ1v) is 6.41. The van der Waals surface area contributed by atoms with Crippen LogP contribution in [0.2, 0.25) is 0 Å². The van der Waals surface area contributed by atoms with Gasteiger partial charge in [0, 0.05) is 0 Å². The molecule has 0 aromatic heterocycles. The molecule has 1 atom stereocenters. The third-order valence-electron chi connectivity index (χ3n) is 3.55. The lowest BCUT2D eigenvalue weighted by atomic mass is 9.96. The Hall–Kier alpha value is -1.39. The molecular formula is C14H20N2O2. The van der Waals surface area contributed by atoms with E-state index in [1.807, 2.05) is 31.2 Å². The molecule has 0 spiro atoms. The van der Waals surface area contributed by atoms with Crippen molar-refractivity contribution < 1.29 is 9.53 Å². The monoisotopic (exact) mass is 248 g/mol. The lowest BCUT2D eigenvalue weighted by molar-refractivity contribution is -0.122. The van der Waals surface area contributed by atoms with Crippen molar-refractivity contribution in [1.82, 2.24) is 5.43 Å². The second kappa shape index (κ2) is 5.98. The summed E-state index contributed by atoms with van der Waals surface area (Å²) in [6.45, 7) is 2.49. The van der Waals surface area contributed by atoms with Gasteiger partial charge in [-0.25, -0.2) is 5.84 Å². The molecule has 98 valence electrons. The van der Waals surface area contributed by atoms with E-state index in [2.05, 4.69) is 5.43 Å². The van der Waals surface area contributed by atoms with Crippen molar-refractivity contribution >= 4 is 5.91 Å². The highest BCUT2D eigenvalue weighted by Crippen LogP contribution is 2.23. The average Bonchev–Trinajstić information content (AvgIpc) is 2.36. The minimum absolute atomic E-state index is 0.173. The van der Waals surface area contributed by atoms with Crippen LogP contribution in [0.4, 0.5) is 0 Å². The maximum absolute atomic E-state index is 11.4. The molecule has 0 saturated heterocycles. The lowest BCUT2D eigenvalue weighted by Gasteiger charge is -2.25. The van der Waals surface area contributed by atoms with Crippen LogP contribution >= 0.6 is 0 Å². The van der Waals surface area contributed by atoms with Crippen LogP contribution in [0.1, 0.15) is 43.2 Å². The summed E-state index contributed by atoms with van der Waals surface area (Å²) < 4.78 is 5.73. The van der Waals surface area contributed by atoms with Crippen LogP contribution < -0.4 is 11.3 Å². The van der Waals surface area contributed by atoms with E-state index < -0.39 is 0 Å². The van der Waals surface area contributed by atoms with E-state index in [0.29, 0.717) is 12.7 Å². The second-order valence-electron chi connectivity index (χ2n) is 4.84. The Morgan fingerprint density at radius 3 is 2.61 bits per heavy atom. The Bertz CT molecular complexity index is 399. The van der Waals surface area contributed by atoms with Crippen LogP contribution in [0, 0.1) is 0 Å². The first-order chi connectivity index (χ1) is 8.70. The molecule has 0 bridgehead atoms. The Morgan fingerprint density at radius 1 is 1.44 bits per heavy atom. The summed E-state index contributed by atoms with van der Waals surface area (Å²) in [5.41, 5.74) is 4.28. The summed E-state index contributed by atoms with van der Waals surface area (Å²) in [6.07, 6.45) is 4.11. The molecule has 1 aliphatic rings. The van der Waals surface area contributed by atoms with E-state index in [-0.39, 0.29) is 11.8 Å². The molecule has 1 aliphatic carbocycles. The SMILES string of the molecule is CC(C(=O)NN)c1ccc(COC2CCC2)cc1. The highest BCUT2D eigenvalue weighted by atomic mass is 16.5. The minimum atomic E-state index is -0.225. The van der Waals surface area contributed by atoms with Crippen LogP contribution in [0.5, 0.6) is 0 Å². The third-order valence-corrected chi connectivity index (χ3v) is 3.55. The van der Waals surface area contributed by atoms with Gasteiger partial charge in [0.1, 0.15) is 0 Å². The molecule has 4 heteroatoms. The normalized spacial score (nSPS) is 17.0. The number of rotatable bonds is 5. The summed E-state index contributed by atoms with van der Waals surface area (Å²) in [6, 6.07) is 7.93. The summed E-state index contributed by atoms with van der Waals surface area (Å²) in [5, 5.41) is 0. The maximum Gasteiger partial charge on any atom is 0.241 e. The average molecular weight is 248 g/mol. The van der Waals surface area contributed by atoms with Crippen molar-refractivity contribution in [3.05, 3.63) is 35.4 Å². The molecule has 1 fully saturated rings. The minimum Gasteiger partial charge on any atom is -0.374 e. The topological polar surface area (TPSA) is 64.4 Å². The van der Waals surface area contributed by atoms with E-state index >= 15 is 0 Å². The molecule has 1 aromatic rings. The smallest absolute Gasteiger partial charge is 0.241 e. The van der Waals surface area contributed by atoms with E-state index in [4.69, 9.17) is 10.6 Å². The molecular weight excluding hydrogens is 228 g/mol. The Kier molecular flexibility index (Phi) is 4.33. The van der Waals surface area contributed by atoms with E-state index in [0.717, 1.165) is 11.1 Å². The van der Waals surface area contributed by atoms with Crippen LogP contribution in [-0.2, 0) is 16.1 Å². The molecule has 4 nitrogen and oxygen atoms in total. The van der Waals surface area contributed by atoms with Crippen molar-refractivity contribution in [3.8, 4) is 0 Å². The summed E-state index contributed by atoms with van der Waals surface area (Å²) in [7, 11) is 0. The van der Waals surface area contributed by atoms with Gasteiger partial charge in [-0.15, -0.1) is 0 Å². The predicted octanol–water partition coefficient (Wildman–Crippen LogP) is 1.85. The number of carbonyl (C=O) groups is 1. The first kappa shape index (κ1) is 13.1. The standard InChI is InChI=1S/C14H20N2O2/c1-10(14(17)16-15)12-7-5-11(6-8-12)9-18-13-3-2-4-13/h5-8,10,13H,2-4,9,15H2,1H3,(H,16,17). The van der Waals surface area contributed by atoms with Gasteiger partial charge >= 0.3 is 0 Å². The molecule has 0 radical (unpaired) electrons. The van der Waals surface area contributed by atoms with Gasteiger partial charge in [0.05, 0.1) is 18.6 Å². The van der Waals surface area contributed by atoms with Gasteiger partial charge in [0.25, 0.3) is 0 Å². The zero-order chi connectivity index (χ0) is 13.0. The number of nitrogens with one attached hydrogen (secondary N) is 1. The molecule has 1 unspecified atom stereocenters. The Morgan fingerprint density at radius 2 is 2.11 bits per heavy atom. The molecule has 0 aliphatic heterocycles. The fraction of sp³-hybridized carbons (Fsp3) is 0.500. The van der Waals surface area contributed by atoms with Crippen LogP contribution in [0.25, 0.3) is 0 Å². The van der Waals surface area contributed by atoms with Crippen molar-refractivity contribution in [2.75, 3.05) is 0 Å². The lowest BCUT2D eigenvalue weighted by Crippen LogP contribution is -2.33. The zero-order valence-corrected chi connectivity index (χ0v) is 10.7. The van der Waals surface area contributed by atoms with Gasteiger partial charge in [-0.2, -0.15) is 0 Å². The van der Waals surface area contributed by atoms with Gasteiger partial charge < -0.3 is 4.74 Å². The van der Waals surface area contributed by atoms with Gasteiger partial charge in [0.2, 0.25) is 5.91 Å². The molecule has 1 aromatic carbocycles. The van der Waals surface area contributed by atoms with Gasteiger partial charge in [-0.1, -0.05) is 24.3 Å². The molecule has 18 heavy (non-hydrogen) atoms. The number of hydrogen-bond donors (Lipinski definition) is 2. The number of hydrazine groups is 1.